The Morgan fingerprint density at radius 3 is 2.39 bits per heavy atom. The first-order chi connectivity index (χ1) is 8.39. The Morgan fingerprint density at radius 1 is 1.06 bits per heavy atom. The van der Waals surface area contributed by atoms with Gasteiger partial charge in [0.15, 0.2) is 0 Å². The first-order valence-corrected chi connectivity index (χ1v) is 5.30. The van der Waals surface area contributed by atoms with E-state index in [2.05, 4.69) is 6.07 Å². The van der Waals surface area contributed by atoms with Crippen molar-refractivity contribution in [3.05, 3.63) is 58.9 Å². The number of benzene rings is 2. The van der Waals surface area contributed by atoms with E-state index in [0.717, 1.165) is 12.1 Å². The van der Waals surface area contributed by atoms with Gasteiger partial charge in [-0.15, -0.1) is 0 Å². The highest BCUT2D eigenvalue weighted by atomic mass is 35.5. The average molecular weight is 274 g/mol. The molecule has 1 radical (unpaired) electrons. The Balaban J connectivity index is 2.64. The normalized spacial score (nSPS) is 11.6. The van der Waals surface area contributed by atoms with Gasteiger partial charge in [0.1, 0.15) is 5.82 Å². The van der Waals surface area contributed by atoms with Gasteiger partial charge in [-0.3, -0.25) is 0 Å². The van der Waals surface area contributed by atoms with Gasteiger partial charge in [-0.25, -0.2) is 4.39 Å². The molecule has 0 heterocycles. The van der Waals surface area contributed by atoms with E-state index < -0.39 is 17.6 Å². The first kappa shape index (κ1) is 12.9. The van der Waals surface area contributed by atoms with E-state index in [9.17, 15) is 17.6 Å². The number of hydrogen-bond acceptors (Lipinski definition) is 0. The molecule has 0 aromatic heterocycles. The predicted octanol–water partition coefficient (Wildman–Crippen LogP) is 4.97. The van der Waals surface area contributed by atoms with E-state index in [1.807, 2.05) is 0 Å². The molecule has 0 fully saturated rings. The Hall–Kier alpha value is -1.55. The Labute approximate surface area is 106 Å². The molecule has 0 bridgehead atoms. The van der Waals surface area contributed by atoms with E-state index in [-0.39, 0.29) is 16.1 Å². The molecule has 93 valence electrons. The van der Waals surface area contributed by atoms with Gasteiger partial charge in [-0.05, 0) is 35.9 Å². The van der Waals surface area contributed by atoms with Gasteiger partial charge in [0.05, 0.1) is 5.56 Å². The van der Waals surface area contributed by atoms with Crippen molar-refractivity contribution < 1.29 is 17.6 Å². The van der Waals surface area contributed by atoms with Crippen molar-refractivity contribution >= 4 is 11.6 Å². The minimum Gasteiger partial charge on any atom is -0.206 e. The predicted molar refractivity (Wildman–Crippen MR) is 60.7 cm³/mol. The second-order valence-electron chi connectivity index (χ2n) is 3.59. The summed E-state index contributed by atoms with van der Waals surface area (Å²) in [7, 11) is 0. The van der Waals surface area contributed by atoms with Crippen LogP contribution in [0.2, 0.25) is 5.02 Å². The van der Waals surface area contributed by atoms with Crippen LogP contribution in [-0.4, -0.2) is 0 Å². The average Bonchev–Trinajstić information content (AvgIpc) is 2.28. The summed E-state index contributed by atoms with van der Waals surface area (Å²) in [6.07, 6.45) is -4.56. The molecule has 0 saturated heterocycles. The fraction of sp³-hybridized carbons (Fsp3) is 0.0769. The van der Waals surface area contributed by atoms with Crippen LogP contribution in [-0.2, 0) is 6.18 Å². The lowest BCUT2D eigenvalue weighted by molar-refractivity contribution is -0.137. The molecule has 0 unspecified atom stereocenters. The highest BCUT2D eigenvalue weighted by Crippen LogP contribution is 2.37. The van der Waals surface area contributed by atoms with Crippen LogP contribution in [0.1, 0.15) is 5.56 Å². The zero-order valence-electron chi connectivity index (χ0n) is 8.85. The molecule has 0 aliphatic heterocycles. The SMILES string of the molecule is Fc1cc(Cl)ccc1-c1cc[c]cc1C(F)(F)F. The van der Waals surface area contributed by atoms with E-state index in [1.165, 1.54) is 24.3 Å². The van der Waals surface area contributed by atoms with Crippen molar-refractivity contribution in [2.45, 2.75) is 6.18 Å². The highest BCUT2D eigenvalue weighted by Gasteiger charge is 2.33. The molecule has 0 saturated carbocycles. The summed E-state index contributed by atoms with van der Waals surface area (Å²) in [6.45, 7) is 0. The molecule has 0 nitrogen and oxygen atoms in total. The van der Waals surface area contributed by atoms with Crippen molar-refractivity contribution in [1.82, 2.24) is 0 Å². The number of hydrogen-bond donors (Lipinski definition) is 0. The third-order valence-corrected chi connectivity index (χ3v) is 2.63. The fourth-order valence-electron chi connectivity index (χ4n) is 1.61. The molecule has 2 aromatic rings. The van der Waals surface area contributed by atoms with Gasteiger partial charge >= 0.3 is 6.18 Å². The molecule has 0 aliphatic carbocycles. The molecule has 0 atom stereocenters. The molecule has 2 aromatic carbocycles. The summed E-state index contributed by atoms with van der Waals surface area (Å²) in [4.78, 5) is 0. The van der Waals surface area contributed by atoms with E-state index >= 15 is 0 Å². The van der Waals surface area contributed by atoms with E-state index in [4.69, 9.17) is 11.6 Å². The van der Waals surface area contributed by atoms with Gasteiger partial charge in [-0.1, -0.05) is 23.7 Å². The smallest absolute Gasteiger partial charge is 0.206 e. The molecule has 0 N–H and O–H groups in total. The second-order valence-corrected chi connectivity index (χ2v) is 4.03. The van der Waals surface area contributed by atoms with Gasteiger partial charge < -0.3 is 0 Å². The lowest BCUT2D eigenvalue weighted by Gasteiger charge is -2.13. The molecule has 0 spiro atoms. The van der Waals surface area contributed by atoms with E-state index in [1.54, 1.807) is 0 Å². The maximum atomic E-state index is 13.6. The topological polar surface area (TPSA) is 0 Å². The summed E-state index contributed by atoms with van der Waals surface area (Å²) < 4.78 is 52.0. The van der Waals surface area contributed by atoms with Crippen LogP contribution in [0.15, 0.2) is 36.4 Å². The lowest BCUT2D eigenvalue weighted by atomic mass is 9.99. The quantitative estimate of drug-likeness (QED) is 0.644. The summed E-state index contributed by atoms with van der Waals surface area (Å²) in [6, 6.07) is 9.16. The van der Waals surface area contributed by atoms with Crippen LogP contribution in [0.5, 0.6) is 0 Å². The standard InChI is InChI=1S/C13H6ClF4/c14-8-5-6-10(12(15)7-8)9-3-1-2-4-11(9)13(16,17)18/h1,3-7H. The van der Waals surface area contributed by atoms with Gasteiger partial charge in [-0.2, -0.15) is 13.2 Å². The van der Waals surface area contributed by atoms with Crippen molar-refractivity contribution in [3.63, 3.8) is 0 Å². The summed E-state index contributed by atoms with van der Waals surface area (Å²) >= 11 is 5.57. The fourth-order valence-corrected chi connectivity index (χ4v) is 1.77. The van der Waals surface area contributed by atoms with E-state index in [0.29, 0.717) is 0 Å². The second kappa shape index (κ2) is 4.61. The molecular weight excluding hydrogens is 268 g/mol. The van der Waals surface area contributed by atoms with Crippen molar-refractivity contribution in [2.24, 2.45) is 0 Å². The van der Waals surface area contributed by atoms with Gasteiger partial charge in [0.2, 0.25) is 0 Å². The summed E-state index contributed by atoms with van der Waals surface area (Å²) in [5.41, 5.74) is -1.29. The minimum atomic E-state index is -4.56. The Bertz CT molecular complexity index is 575. The summed E-state index contributed by atoms with van der Waals surface area (Å²) in [5.74, 6) is -0.792. The van der Waals surface area contributed by atoms with Crippen LogP contribution in [0.3, 0.4) is 0 Å². The van der Waals surface area contributed by atoms with Crippen LogP contribution in [0.4, 0.5) is 17.6 Å². The van der Waals surface area contributed by atoms with Crippen molar-refractivity contribution in [3.8, 4) is 11.1 Å². The molecular formula is C13H6ClF4. The maximum absolute atomic E-state index is 13.6. The van der Waals surface area contributed by atoms with Gasteiger partial charge in [0.25, 0.3) is 0 Å². The van der Waals surface area contributed by atoms with Gasteiger partial charge in [0, 0.05) is 10.6 Å². The molecule has 5 heteroatoms. The van der Waals surface area contributed by atoms with Crippen LogP contribution < -0.4 is 0 Å². The third kappa shape index (κ3) is 2.48. The molecule has 18 heavy (non-hydrogen) atoms. The largest absolute Gasteiger partial charge is 0.417 e. The number of rotatable bonds is 1. The van der Waals surface area contributed by atoms with Crippen LogP contribution >= 0.6 is 11.6 Å². The van der Waals surface area contributed by atoms with Crippen molar-refractivity contribution in [2.75, 3.05) is 0 Å². The lowest BCUT2D eigenvalue weighted by Crippen LogP contribution is -2.07. The molecule has 2 rings (SSSR count). The van der Waals surface area contributed by atoms with Crippen LogP contribution in [0, 0.1) is 11.9 Å². The molecule has 0 amide bonds. The maximum Gasteiger partial charge on any atom is 0.417 e. The molecule has 0 aliphatic rings. The zero-order valence-corrected chi connectivity index (χ0v) is 9.61. The zero-order chi connectivity index (χ0) is 13.3. The summed E-state index contributed by atoms with van der Waals surface area (Å²) in [5, 5.41) is 0.132. The number of alkyl halides is 3. The van der Waals surface area contributed by atoms with Crippen LogP contribution in [0.25, 0.3) is 11.1 Å². The highest BCUT2D eigenvalue weighted by molar-refractivity contribution is 6.30. The minimum absolute atomic E-state index is 0.132. The monoisotopic (exact) mass is 273 g/mol. The first-order valence-electron chi connectivity index (χ1n) is 4.92. The van der Waals surface area contributed by atoms with Crippen molar-refractivity contribution in [1.29, 1.82) is 0 Å². The Morgan fingerprint density at radius 2 is 1.78 bits per heavy atom. The number of halogens is 5. The Kier molecular flexibility index (Phi) is 3.30. The third-order valence-electron chi connectivity index (χ3n) is 2.39.